The standard InChI is InChI=1S/C12H26O4S/c1-3-5-6-7-8-9-10-11-12(16-4-2)17(13,14)15/h12H,3-11H2,1-2H3,(H,13,14,15). The predicted octanol–water partition coefficient (Wildman–Crippen LogP) is 3.38. The molecule has 0 saturated heterocycles. The summed E-state index contributed by atoms with van der Waals surface area (Å²) in [7, 11) is -4.05. The molecular formula is C12H26O4S. The van der Waals surface area contributed by atoms with E-state index in [-0.39, 0.29) is 0 Å². The highest BCUT2D eigenvalue weighted by Gasteiger charge is 2.22. The van der Waals surface area contributed by atoms with Crippen LogP contribution in [-0.4, -0.2) is 25.0 Å². The van der Waals surface area contributed by atoms with E-state index in [2.05, 4.69) is 6.92 Å². The highest BCUT2D eigenvalue weighted by Crippen LogP contribution is 2.14. The van der Waals surface area contributed by atoms with Crippen LogP contribution in [0.1, 0.15) is 65.2 Å². The molecule has 0 aromatic carbocycles. The smallest absolute Gasteiger partial charge is 0.292 e. The minimum atomic E-state index is -4.05. The van der Waals surface area contributed by atoms with Gasteiger partial charge in [0.2, 0.25) is 0 Å². The highest BCUT2D eigenvalue weighted by molar-refractivity contribution is 7.86. The van der Waals surface area contributed by atoms with Crippen molar-refractivity contribution in [2.24, 2.45) is 0 Å². The van der Waals surface area contributed by atoms with Crippen molar-refractivity contribution in [3.8, 4) is 0 Å². The molecule has 0 saturated carbocycles. The van der Waals surface area contributed by atoms with Crippen LogP contribution in [0.25, 0.3) is 0 Å². The normalized spacial score (nSPS) is 13.8. The van der Waals surface area contributed by atoms with Gasteiger partial charge in [-0.2, -0.15) is 8.42 Å². The molecule has 1 N–H and O–H groups in total. The van der Waals surface area contributed by atoms with E-state index < -0.39 is 15.6 Å². The number of hydrogen-bond acceptors (Lipinski definition) is 3. The van der Waals surface area contributed by atoms with Crippen LogP contribution in [0.3, 0.4) is 0 Å². The fourth-order valence-corrected chi connectivity index (χ4v) is 2.54. The van der Waals surface area contributed by atoms with Gasteiger partial charge < -0.3 is 4.74 Å². The first-order chi connectivity index (χ1) is 8.02. The molecule has 1 unspecified atom stereocenters. The summed E-state index contributed by atoms with van der Waals surface area (Å²) in [6.45, 7) is 4.21. The average Bonchev–Trinajstić information content (AvgIpc) is 2.25. The fraction of sp³-hybridized carbons (Fsp3) is 1.00. The molecule has 0 bridgehead atoms. The topological polar surface area (TPSA) is 63.6 Å². The Kier molecular flexibility index (Phi) is 9.78. The molecule has 0 rings (SSSR count). The number of ether oxygens (including phenoxy) is 1. The van der Waals surface area contributed by atoms with Crippen LogP contribution in [0.15, 0.2) is 0 Å². The second-order valence-corrected chi connectivity index (χ2v) is 5.87. The van der Waals surface area contributed by atoms with Crippen LogP contribution >= 0.6 is 0 Å². The molecule has 0 fully saturated rings. The summed E-state index contributed by atoms with van der Waals surface area (Å²) in [5.74, 6) is 0. The Bertz CT molecular complexity index is 262. The first-order valence-electron chi connectivity index (χ1n) is 6.60. The zero-order valence-electron chi connectivity index (χ0n) is 11.0. The zero-order chi connectivity index (χ0) is 13.1. The SMILES string of the molecule is CCCCCCCCCC(OCC)S(=O)(=O)O. The Hall–Kier alpha value is -0.130. The van der Waals surface area contributed by atoms with Gasteiger partial charge in [-0.15, -0.1) is 0 Å². The molecule has 4 nitrogen and oxygen atoms in total. The number of unbranched alkanes of at least 4 members (excludes halogenated alkanes) is 6. The van der Waals surface area contributed by atoms with Crippen molar-refractivity contribution in [2.75, 3.05) is 6.61 Å². The van der Waals surface area contributed by atoms with E-state index in [0.29, 0.717) is 13.0 Å². The van der Waals surface area contributed by atoms with Crippen molar-refractivity contribution in [2.45, 2.75) is 70.7 Å². The van der Waals surface area contributed by atoms with Crippen LogP contribution < -0.4 is 0 Å². The summed E-state index contributed by atoms with van der Waals surface area (Å²) in [4.78, 5) is 0. The van der Waals surface area contributed by atoms with Gasteiger partial charge in [0.1, 0.15) is 0 Å². The monoisotopic (exact) mass is 266 g/mol. The van der Waals surface area contributed by atoms with E-state index in [0.717, 1.165) is 19.3 Å². The van der Waals surface area contributed by atoms with Gasteiger partial charge in [-0.1, -0.05) is 45.4 Å². The zero-order valence-corrected chi connectivity index (χ0v) is 11.8. The van der Waals surface area contributed by atoms with Crippen LogP contribution in [0.5, 0.6) is 0 Å². The Morgan fingerprint density at radius 1 is 1.00 bits per heavy atom. The Labute approximate surface area is 105 Å². The van der Waals surface area contributed by atoms with Gasteiger partial charge in [-0.3, -0.25) is 4.55 Å². The van der Waals surface area contributed by atoms with Gasteiger partial charge in [0, 0.05) is 6.61 Å². The van der Waals surface area contributed by atoms with Crippen molar-refractivity contribution in [3.63, 3.8) is 0 Å². The van der Waals surface area contributed by atoms with Gasteiger partial charge >= 0.3 is 0 Å². The van der Waals surface area contributed by atoms with Crippen molar-refractivity contribution in [3.05, 3.63) is 0 Å². The second kappa shape index (κ2) is 9.85. The molecule has 0 radical (unpaired) electrons. The van der Waals surface area contributed by atoms with Crippen LogP contribution in [-0.2, 0) is 14.9 Å². The maximum Gasteiger partial charge on any atom is 0.292 e. The van der Waals surface area contributed by atoms with Gasteiger partial charge in [-0.25, -0.2) is 0 Å². The summed E-state index contributed by atoms with van der Waals surface area (Å²) in [5, 5.41) is 0. The lowest BCUT2D eigenvalue weighted by Gasteiger charge is -2.13. The fourth-order valence-electron chi connectivity index (χ4n) is 1.77. The van der Waals surface area contributed by atoms with Crippen LogP contribution in [0.2, 0.25) is 0 Å². The van der Waals surface area contributed by atoms with E-state index in [1.807, 2.05) is 0 Å². The molecular weight excluding hydrogens is 240 g/mol. The maximum atomic E-state index is 11.0. The molecule has 0 aliphatic carbocycles. The molecule has 0 heterocycles. The predicted molar refractivity (Wildman–Crippen MR) is 69.6 cm³/mol. The quantitative estimate of drug-likeness (QED) is 0.460. The summed E-state index contributed by atoms with van der Waals surface area (Å²) < 4.78 is 35.9. The molecule has 0 aromatic heterocycles. The van der Waals surface area contributed by atoms with E-state index >= 15 is 0 Å². The largest absolute Gasteiger partial charge is 0.360 e. The minimum absolute atomic E-state index is 0.307. The summed E-state index contributed by atoms with van der Waals surface area (Å²) >= 11 is 0. The summed E-state index contributed by atoms with van der Waals surface area (Å²) in [6, 6.07) is 0. The second-order valence-electron chi connectivity index (χ2n) is 4.31. The van der Waals surface area contributed by atoms with Gasteiger partial charge in [0.05, 0.1) is 0 Å². The molecule has 104 valence electrons. The summed E-state index contributed by atoms with van der Waals surface area (Å²) in [6.07, 6.45) is 8.27. The Morgan fingerprint density at radius 3 is 2.00 bits per heavy atom. The highest BCUT2D eigenvalue weighted by atomic mass is 32.2. The number of rotatable bonds is 11. The van der Waals surface area contributed by atoms with Crippen molar-refractivity contribution >= 4 is 10.1 Å². The third kappa shape index (κ3) is 9.56. The first-order valence-corrected chi connectivity index (χ1v) is 8.10. The van der Waals surface area contributed by atoms with E-state index in [9.17, 15) is 8.42 Å². The molecule has 0 amide bonds. The van der Waals surface area contributed by atoms with E-state index in [4.69, 9.17) is 9.29 Å². The molecule has 0 aliphatic rings. The van der Waals surface area contributed by atoms with E-state index in [1.54, 1.807) is 6.92 Å². The van der Waals surface area contributed by atoms with Crippen LogP contribution in [0, 0.1) is 0 Å². The first kappa shape index (κ1) is 16.9. The van der Waals surface area contributed by atoms with Gasteiger partial charge in [0.25, 0.3) is 10.1 Å². The molecule has 1 atom stereocenters. The molecule has 0 aromatic rings. The summed E-state index contributed by atoms with van der Waals surface area (Å²) in [5.41, 5.74) is -1.04. The van der Waals surface area contributed by atoms with Gasteiger partial charge in [-0.05, 0) is 19.8 Å². The molecule has 0 aliphatic heterocycles. The lowest BCUT2D eigenvalue weighted by Crippen LogP contribution is -2.23. The maximum absolute atomic E-state index is 11.0. The van der Waals surface area contributed by atoms with Crippen LogP contribution in [0.4, 0.5) is 0 Å². The number of hydrogen-bond donors (Lipinski definition) is 1. The van der Waals surface area contributed by atoms with Crippen molar-refractivity contribution in [1.29, 1.82) is 0 Å². The lowest BCUT2D eigenvalue weighted by atomic mass is 10.1. The van der Waals surface area contributed by atoms with Crippen molar-refractivity contribution in [1.82, 2.24) is 0 Å². The molecule has 17 heavy (non-hydrogen) atoms. The Morgan fingerprint density at radius 2 is 1.53 bits per heavy atom. The third-order valence-electron chi connectivity index (χ3n) is 2.73. The Balaban J connectivity index is 3.62. The molecule has 5 heteroatoms. The third-order valence-corrected chi connectivity index (χ3v) is 3.76. The average molecular weight is 266 g/mol. The molecule has 0 spiro atoms. The van der Waals surface area contributed by atoms with Gasteiger partial charge in [0.15, 0.2) is 5.44 Å². The lowest BCUT2D eigenvalue weighted by molar-refractivity contribution is 0.102. The minimum Gasteiger partial charge on any atom is -0.360 e. The van der Waals surface area contributed by atoms with Crippen molar-refractivity contribution < 1.29 is 17.7 Å². The van der Waals surface area contributed by atoms with E-state index in [1.165, 1.54) is 25.7 Å².